The number of hydrogen-bond donors (Lipinski definition) is 1. The molecule has 1 N–H and O–H groups in total. The van der Waals surface area contributed by atoms with Crippen molar-refractivity contribution in [2.24, 2.45) is 0 Å². The van der Waals surface area contributed by atoms with Crippen LogP contribution in [0, 0.1) is 0 Å². The van der Waals surface area contributed by atoms with Gasteiger partial charge >= 0.3 is 6.18 Å². The fourth-order valence-electron chi connectivity index (χ4n) is 2.28. The zero-order valence-electron chi connectivity index (χ0n) is 12.4. The lowest BCUT2D eigenvalue weighted by Gasteiger charge is -2.20. The number of anilines is 1. The standard InChI is InChI=1S/C15H11ClF3NO4S/c16-10-7-12-13(24-6-5-23-12)8-11(10)20-25(21,22)14-4-2-1-3-9(14)15(17,18)19/h1-4,7-8,20H,5-6H2. The highest BCUT2D eigenvalue weighted by Gasteiger charge is 2.37. The van der Waals surface area contributed by atoms with Crippen molar-refractivity contribution in [1.82, 2.24) is 0 Å². The van der Waals surface area contributed by atoms with Crippen molar-refractivity contribution in [3.05, 3.63) is 47.0 Å². The third-order valence-corrected chi connectivity index (χ3v) is 5.09. The number of fused-ring (bicyclic) bond motifs is 1. The van der Waals surface area contributed by atoms with E-state index in [-0.39, 0.29) is 23.1 Å². The molecule has 0 aliphatic carbocycles. The van der Waals surface area contributed by atoms with Gasteiger partial charge in [0, 0.05) is 12.1 Å². The second kappa shape index (κ2) is 6.30. The van der Waals surface area contributed by atoms with Gasteiger partial charge in [0.25, 0.3) is 10.0 Å². The minimum absolute atomic E-state index is 0.0303. The van der Waals surface area contributed by atoms with Crippen molar-refractivity contribution in [2.75, 3.05) is 17.9 Å². The Morgan fingerprint density at radius 3 is 2.28 bits per heavy atom. The Bertz CT molecular complexity index is 915. The summed E-state index contributed by atoms with van der Waals surface area (Å²) >= 11 is 6.00. The molecule has 5 nitrogen and oxygen atoms in total. The van der Waals surface area contributed by atoms with E-state index in [1.165, 1.54) is 18.2 Å². The summed E-state index contributed by atoms with van der Waals surface area (Å²) in [5, 5.41) is -0.0303. The largest absolute Gasteiger partial charge is 0.486 e. The molecular weight excluding hydrogens is 383 g/mol. The molecule has 0 spiro atoms. The number of halogens is 4. The number of sulfonamides is 1. The van der Waals surface area contributed by atoms with Crippen LogP contribution in [0.25, 0.3) is 0 Å². The van der Waals surface area contributed by atoms with E-state index in [1.54, 1.807) is 0 Å². The van der Waals surface area contributed by atoms with Gasteiger partial charge in [-0.05, 0) is 12.1 Å². The smallest absolute Gasteiger partial charge is 0.417 e. The van der Waals surface area contributed by atoms with E-state index in [0.717, 1.165) is 12.1 Å². The first kappa shape index (κ1) is 17.7. The van der Waals surface area contributed by atoms with Crippen LogP contribution in [0.15, 0.2) is 41.3 Å². The maximum absolute atomic E-state index is 13.1. The molecule has 1 aliphatic rings. The van der Waals surface area contributed by atoms with Crippen LogP contribution in [0.3, 0.4) is 0 Å². The number of rotatable bonds is 3. The highest BCUT2D eigenvalue weighted by molar-refractivity contribution is 7.92. The first-order valence-electron chi connectivity index (χ1n) is 6.97. The van der Waals surface area contributed by atoms with Crippen LogP contribution >= 0.6 is 11.6 Å². The normalized spacial score (nSPS) is 14.2. The second-order valence-corrected chi connectivity index (χ2v) is 7.13. The topological polar surface area (TPSA) is 64.6 Å². The Labute approximate surface area is 146 Å². The molecular formula is C15H11ClF3NO4S. The van der Waals surface area contributed by atoms with Crippen LogP contribution < -0.4 is 14.2 Å². The van der Waals surface area contributed by atoms with Crippen LogP contribution in [0.5, 0.6) is 11.5 Å². The van der Waals surface area contributed by atoms with Crippen molar-refractivity contribution >= 4 is 27.3 Å². The van der Waals surface area contributed by atoms with Crippen molar-refractivity contribution in [3.63, 3.8) is 0 Å². The number of nitrogens with one attached hydrogen (secondary N) is 1. The molecule has 0 unspecified atom stereocenters. The zero-order valence-corrected chi connectivity index (χ0v) is 14.0. The van der Waals surface area contributed by atoms with Crippen molar-refractivity contribution in [3.8, 4) is 11.5 Å². The summed E-state index contributed by atoms with van der Waals surface area (Å²) in [5.41, 5.74) is -1.38. The first-order valence-corrected chi connectivity index (χ1v) is 8.83. The van der Waals surface area contributed by atoms with Gasteiger partial charge in [-0.3, -0.25) is 4.72 Å². The van der Waals surface area contributed by atoms with Gasteiger partial charge in [0.1, 0.15) is 13.2 Å². The van der Waals surface area contributed by atoms with Crippen molar-refractivity contribution in [1.29, 1.82) is 0 Å². The van der Waals surface area contributed by atoms with Gasteiger partial charge in [0.05, 0.1) is 21.2 Å². The van der Waals surface area contributed by atoms with Gasteiger partial charge in [-0.25, -0.2) is 8.42 Å². The molecule has 0 amide bonds. The SMILES string of the molecule is O=S(=O)(Nc1cc2c(cc1Cl)OCCO2)c1ccccc1C(F)(F)F. The summed E-state index contributed by atoms with van der Waals surface area (Å²) in [5.74, 6) is 0.576. The molecule has 0 saturated heterocycles. The number of benzene rings is 2. The number of hydrogen-bond acceptors (Lipinski definition) is 4. The first-order chi connectivity index (χ1) is 11.7. The Balaban J connectivity index is 2.01. The van der Waals surface area contributed by atoms with E-state index < -0.39 is 26.7 Å². The Hall–Kier alpha value is -2.13. The molecule has 3 rings (SSSR count). The molecule has 10 heteroatoms. The van der Waals surface area contributed by atoms with Gasteiger partial charge in [-0.15, -0.1) is 0 Å². The second-order valence-electron chi connectivity index (χ2n) is 5.08. The molecule has 134 valence electrons. The van der Waals surface area contributed by atoms with Crippen LogP contribution in [0.4, 0.5) is 18.9 Å². The van der Waals surface area contributed by atoms with Crippen LogP contribution in [0.1, 0.15) is 5.56 Å². The van der Waals surface area contributed by atoms with Gasteiger partial charge in [0.15, 0.2) is 11.5 Å². The minimum atomic E-state index is -4.82. The highest BCUT2D eigenvalue weighted by Crippen LogP contribution is 2.40. The maximum atomic E-state index is 13.1. The molecule has 0 aromatic heterocycles. The van der Waals surface area contributed by atoms with Gasteiger partial charge in [-0.2, -0.15) is 13.2 Å². The van der Waals surface area contributed by atoms with E-state index in [4.69, 9.17) is 21.1 Å². The molecule has 2 aromatic carbocycles. The monoisotopic (exact) mass is 393 g/mol. The fraction of sp³-hybridized carbons (Fsp3) is 0.200. The summed E-state index contributed by atoms with van der Waals surface area (Å²) in [6.07, 6.45) is -4.82. The average Bonchev–Trinajstić information content (AvgIpc) is 2.54. The van der Waals surface area contributed by atoms with Crippen LogP contribution in [-0.4, -0.2) is 21.6 Å². The molecule has 25 heavy (non-hydrogen) atoms. The average molecular weight is 394 g/mol. The van der Waals surface area contributed by atoms with Gasteiger partial charge < -0.3 is 9.47 Å². The molecule has 0 saturated carbocycles. The molecule has 0 atom stereocenters. The van der Waals surface area contributed by atoms with Crippen LogP contribution in [-0.2, 0) is 16.2 Å². The number of alkyl halides is 3. The zero-order chi connectivity index (χ0) is 18.2. The summed E-state index contributed by atoms with van der Waals surface area (Å²) in [6, 6.07) is 6.49. The van der Waals surface area contributed by atoms with E-state index in [9.17, 15) is 21.6 Å². The number of ether oxygens (including phenoxy) is 2. The summed E-state index contributed by atoms with van der Waals surface area (Å²) in [4.78, 5) is -0.895. The van der Waals surface area contributed by atoms with Gasteiger partial charge in [0.2, 0.25) is 0 Å². The quantitative estimate of drug-likeness (QED) is 0.858. The molecule has 0 radical (unpaired) electrons. The lowest BCUT2D eigenvalue weighted by Crippen LogP contribution is -2.20. The lowest BCUT2D eigenvalue weighted by molar-refractivity contribution is -0.139. The highest BCUT2D eigenvalue weighted by atomic mass is 35.5. The van der Waals surface area contributed by atoms with Crippen molar-refractivity contribution < 1.29 is 31.1 Å². The Morgan fingerprint density at radius 1 is 1.04 bits per heavy atom. The molecule has 1 heterocycles. The lowest BCUT2D eigenvalue weighted by atomic mass is 10.2. The molecule has 0 bridgehead atoms. The predicted molar refractivity (Wildman–Crippen MR) is 84.7 cm³/mol. The maximum Gasteiger partial charge on any atom is 0.417 e. The minimum Gasteiger partial charge on any atom is -0.486 e. The van der Waals surface area contributed by atoms with Gasteiger partial charge in [-0.1, -0.05) is 23.7 Å². The summed E-state index contributed by atoms with van der Waals surface area (Å²) in [6.45, 7) is 0.574. The summed E-state index contributed by atoms with van der Waals surface area (Å²) < 4.78 is 76.8. The third-order valence-electron chi connectivity index (χ3n) is 3.36. The molecule has 0 fully saturated rings. The van der Waals surface area contributed by atoms with Crippen molar-refractivity contribution in [2.45, 2.75) is 11.1 Å². The predicted octanol–water partition coefficient (Wildman–Crippen LogP) is 3.93. The Morgan fingerprint density at radius 2 is 1.64 bits per heavy atom. The van der Waals surface area contributed by atoms with E-state index in [0.29, 0.717) is 18.4 Å². The van der Waals surface area contributed by atoms with Crippen LogP contribution in [0.2, 0.25) is 5.02 Å². The summed E-state index contributed by atoms with van der Waals surface area (Å²) in [7, 11) is -4.53. The van der Waals surface area contributed by atoms with E-state index in [2.05, 4.69) is 4.72 Å². The van der Waals surface area contributed by atoms with E-state index >= 15 is 0 Å². The Kier molecular flexibility index (Phi) is 4.46. The fourth-order valence-corrected chi connectivity index (χ4v) is 3.83. The molecule has 2 aromatic rings. The third kappa shape index (κ3) is 3.62. The van der Waals surface area contributed by atoms with E-state index in [1.807, 2.05) is 0 Å². The molecule has 1 aliphatic heterocycles.